The van der Waals surface area contributed by atoms with Crippen molar-refractivity contribution >= 4 is 0 Å². The summed E-state index contributed by atoms with van der Waals surface area (Å²) in [5, 5.41) is 0. The van der Waals surface area contributed by atoms with Crippen molar-refractivity contribution in [2.75, 3.05) is 13.2 Å². The molecule has 0 saturated heterocycles. The maximum Gasteiger partial charge on any atom is 0.134 e. The second kappa shape index (κ2) is 11.1. The van der Waals surface area contributed by atoms with E-state index in [1.807, 2.05) is 12.1 Å². The molecule has 0 heterocycles. The van der Waals surface area contributed by atoms with E-state index in [4.69, 9.17) is 4.74 Å². The Hall–Kier alpha value is -2.78. The fraction of sp³-hybridized carbons (Fsp3) is 0.355. The van der Waals surface area contributed by atoms with Crippen molar-refractivity contribution in [2.24, 2.45) is 5.92 Å². The number of halogens is 2. The maximum atomic E-state index is 14.4. The van der Waals surface area contributed by atoms with E-state index in [1.165, 1.54) is 41.7 Å². The van der Waals surface area contributed by atoms with Crippen LogP contribution in [0.3, 0.4) is 0 Å². The van der Waals surface area contributed by atoms with Crippen molar-refractivity contribution in [3.8, 4) is 22.3 Å². The van der Waals surface area contributed by atoms with Crippen LogP contribution in [-0.4, -0.2) is 13.2 Å². The highest BCUT2D eigenvalue weighted by Gasteiger charge is 2.16. The molecule has 3 heteroatoms. The molecule has 3 aromatic rings. The summed E-state index contributed by atoms with van der Waals surface area (Å²) in [6.45, 7) is 9.54. The zero-order chi connectivity index (χ0) is 24.1. The molecule has 0 bridgehead atoms. The Morgan fingerprint density at radius 2 is 1.47 bits per heavy atom. The van der Waals surface area contributed by atoms with E-state index in [0.29, 0.717) is 17.0 Å². The lowest BCUT2D eigenvalue weighted by molar-refractivity contribution is 0.0918. The van der Waals surface area contributed by atoms with Crippen LogP contribution in [0.2, 0.25) is 0 Å². The Bertz CT molecular complexity index is 1110. The minimum Gasteiger partial charge on any atom is -0.381 e. The summed E-state index contributed by atoms with van der Waals surface area (Å²) in [6, 6.07) is 16.7. The van der Waals surface area contributed by atoms with Gasteiger partial charge >= 0.3 is 0 Å². The number of ether oxygens (including phenoxy) is 1. The molecule has 3 aromatic carbocycles. The van der Waals surface area contributed by atoms with Gasteiger partial charge in [0.2, 0.25) is 0 Å². The number of rotatable bonds is 8. The summed E-state index contributed by atoms with van der Waals surface area (Å²) in [7, 11) is 0. The maximum absolute atomic E-state index is 14.4. The zero-order valence-electron chi connectivity index (χ0n) is 20.3. The minimum absolute atomic E-state index is 0.0277. The van der Waals surface area contributed by atoms with Gasteiger partial charge in [-0.05, 0) is 96.9 Å². The molecule has 0 radical (unpaired) electrons. The Kier molecular flexibility index (Phi) is 7.95. The fourth-order valence-electron chi connectivity index (χ4n) is 4.87. The number of aryl methyl sites for hydroxylation is 2. The van der Waals surface area contributed by atoms with Crippen molar-refractivity contribution in [1.82, 2.24) is 0 Å². The molecule has 1 fully saturated rings. The molecule has 4 rings (SSSR count). The second-order valence-electron chi connectivity index (χ2n) is 9.54. The minimum atomic E-state index is -0.529. The van der Waals surface area contributed by atoms with Crippen molar-refractivity contribution in [2.45, 2.75) is 52.4 Å². The molecule has 0 unspecified atom stereocenters. The summed E-state index contributed by atoms with van der Waals surface area (Å²) in [5.74, 6) is -0.388. The molecule has 0 amide bonds. The fourth-order valence-corrected chi connectivity index (χ4v) is 4.87. The molecular formula is C31H34F2O. The van der Waals surface area contributed by atoms with Crippen LogP contribution in [0.4, 0.5) is 8.78 Å². The van der Waals surface area contributed by atoms with Crippen molar-refractivity contribution in [3.63, 3.8) is 0 Å². The monoisotopic (exact) mass is 460 g/mol. The normalized spacial score (nSPS) is 14.5. The molecule has 0 spiro atoms. The first-order chi connectivity index (χ1) is 16.4. The first-order valence-corrected chi connectivity index (χ1v) is 12.4. The SMILES string of the molecule is C=C1CCC(COCCc2ccc(-c3ccc(-c4c(F)cc(C)cc4F)cc3)cc2CC)CC1. The van der Waals surface area contributed by atoms with Crippen molar-refractivity contribution < 1.29 is 13.5 Å². The van der Waals surface area contributed by atoms with Crippen molar-refractivity contribution in [3.05, 3.63) is 95.1 Å². The number of hydrogen-bond donors (Lipinski definition) is 0. The average Bonchev–Trinajstić information content (AvgIpc) is 2.83. The Labute approximate surface area is 202 Å². The van der Waals surface area contributed by atoms with Crippen LogP contribution in [0.15, 0.2) is 66.7 Å². The lowest BCUT2D eigenvalue weighted by atomic mass is 9.87. The lowest BCUT2D eigenvalue weighted by Crippen LogP contribution is -2.15. The van der Waals surface area contributed by atoms with E-state index < -0.39 is 11.6 Å². The topological polar surface area (TPSA) is 9.23 Å². The van der Waals surface area contributed by atoms with Gasteiger partial charge in [-0.1, -0.05) is 61.5 Å². The first kappa shape index (κ1) is 24.3. The Morgan fingerprint density at radius 1 is 0.853 bits per heavy atom. The molecule has 34 heavy (non-hydrogen) atoms. The highest BCUT2D eigenvalue weighted by molar-refractivity contribution is 5.72. The zero-order valence-corrected chi connectivity index (χ0v) is 20.3. The summed E-state index contributed by atoms with van der Waals surface area (Å²) in [4.78, 5) is 0. The highest BCUT2D eigenvalue weighted by Crippen LogP contribution is 2.31. The average molecular weight is 461 g/mol. The third-order valence-corrected chi connectivity index (χ3v) is 6.96. The molecule has 1 aliphatic rings. The van der Waals surface area contributed by atoms with Crippen LogP contribution in [0.5, 0.6) is 0 Å². The van der Waals surface area contributed by atoms with Crippen LogP contribution in [0.25, 0.3) is 22.3 Å². The number of hydrogen-bond acceptors (Lipinski definition) is 1. The van der Waals surface area contributed by atoms with Gasteiger partial charge in [-0.3, -0.25) is 0 Å². The third kappa shape index (κ3) is 5.82. The molecule has 178 valence electrons. The van der Waals surface area contributed by atoms with E-state index in [0.717, 1.165) is 50.0 Å². The number of benzene rings is 3. The summed E-state index contributed by atoms with van der Waals surface area (Å²) >= 11 is 0. The van der Waals surface area contributed by atoms with Gasteiger partial charge in [0, 0.05) is 6.61 Å². The summed E-state index contributed by atoms with van der Waals surface area (Å²) < 4.78 is 34.7. The molecule has 0 aromatic heterocycles. The van der Waals surface area contributed by atoms with Gasteiger partial charge in [-0.2, -0.15) is 0 Å². The predicted molar refractivity (Wildman–Crippen MR) is 137 cm³/mol. The van der Waals surface area contributed by atoms with Gasteiger partial charge in [-0.25, -0.2) is 8.78 Å². The molecule has 1 nitrogen and oxygen atoms in total. The van der Waals surface area contributed by atoms with Gasteiger partial charge in [-0.15, -0.1) is 0 Å². The van der Waals surface area contributed by atoms with Gasteiger partial charge < -0.3 is 4.74 Å². The highest BCUT2D eigenvalue weighted by atomic mass is 19.1. The van der Waals surface area contributed by atoms with Crippen LogP contribution in [-0.2, 0) is 17.6 Å². The standard InChI is InChI=1S/C31H34F2O/c1-4-24-19-28(14-11-26(24)15-16-34-20-23-7-5-21(2)6-8-23)25-9-12-27(13-10-25)31-29(32)17-22(3)18-30(31)33/h9-14,17-19,23H,2,4-8,15-16,20H2,1,3H3. The van der Waals surface area contributed by atoms with E-state index in [2.05, 4.69) is 31.7 Å². The van der Waals surface area contributed by atoms with E-state index in [1.54, 1.807) is 19.1 Å². The lowest BCUT2D eigenvalue weighted by Gasteiger charge is -2.23. The third-order valence-electron chi connectivity index (χ3n) is 6.96. The summed E-state index contributed by atoms with van der Waals surface area (Å²) in [6.07, 6.45) is 6.56. The smallest absolute Gasteiger partial charge is 0.134 e. The van der Waals surface area contributed by atoms with Crippen molar-refractivity contribution in [1.29, 1.82) is 0 Å². The van der Waals surface area contributed by atoms with E-state index in [9.17, 15) is 8.78 Å². The molecular weight excluding hydrogens is 426 g/mol. The molecule has 0 aliphatic heterocycles. The van der Waals surface area contributed by atoms with Crippen LogP contribution >= 0.6 is 0 Å². The summed E-state index contributed by atoms with van der Waals surface area (Å²) in [5.41, 5.74) is 7.32. The van der Waals surface area contributed by atoms with Crippen LogP contribution < -0.4 is 0 Å². The Morgan fingerprint density at radius 3 is 2.12 bits per heavy atom. The van der Waals surface area contributed by atoms with E-state index in [-0.39, 0.29) is 5.56 Å². The van der Waals surface area contributed by atoms with Gasteiger partial charge in [0.1, 0.15) is 11.6 Å². The van der Waals surface area contributed by atoms with Gasteiger partial charge in [0.15, 0.2) is 0 Å². The molecule has 0 N–H and O–H groups in total. The molecule has 1 saturated carbocycles. The van der Waals surface area contributed by atoms with Gasteiger partial charge in [0.25, 0.3) is 0 Å². The second-order valence-corrected chi connectivity index (χ2v) is 9.54. The quantitative estimate of drug-likeness (QED) is 0.242. The van der Waals surface area contributed by atoms with Crippen LogP contribution in [0.1, 0.15) is 49.3 Å². The predicted octanol–water partition coefficient (Wildman–Crippen LogP) is 8.48. The van der Waals surface area contributed by atoms with Crippen LogP contribution in [0, 0.1) is 24.5 Å². The number of allylic oxidation sites excluding steroid dienone is 1. The molecule has 0 atom stereocenters. The first-order valence-electron chi connectivity index (χ1n) is 12.4. The Balaban J connectivity index is 1.40. The molecule has 1 aliphatic carbocycles. The largest absolute Gasteiger partial charge is 0.381 e. The van der Waals surface area contributed by atoms with E-state index >= 15 is 0 Å². The van der Waals surface area contributed by atoms with Gasteiger partial charge in [0.05, 0.1) is 12.2 Å².